The zero-order valence-electron chi connectivity index (χ0n) is 14.9. The molecular weight excluding hydrogens is 428 g/mol. The summed E-state index contributed by atoms with van der Waals surface area (Å²) >= 11 is 3.46. The molecule has 142 valence electrons. The molecule has 0 spiro atoms. The van der Waals surface area contributed by atoms with E-state index in [4.69, 9.17) is 0 Å². The van der Waals surface area contributed by atoms with Gasteiger partial charge in [-0.3, -0.25) is 4.79 Å². The average molecular weight is 449 g/mol. The number of benzene rings is 2. The Labute approximate surface area is 168 Å². The average Bonchev–Trinajstić information content (AvgIpc) is 3.11. The van der Waals surface area contributed by atoms with Crippen LogP contribution in [-0.4, -0.2) is 38.3 Å². The highest BCUT2D eigenvalue weighted by atomic mass is 79.9. The number of amides is 1. The summed E-state index contributed by atoms with van der Waals surface area (Å²) in [5.41, 5.74) is 2.20. The summed E-state index contributed by atoms with van der Waals surface area (Å²) in [4.78, 5) is 15.1. The van der Waals surface area contributed by atoms with Crippen LogP contribution < -0.4 is 4.90 Å². The molecule has 4 rings (SSSR count). The summed E-state index contributed by atoms with van der Waals surface area (Å²) in [5.74, 6) is -0.257. The SMILES string of the molecule is O=C(c1ccccc1S(=O)(=O)N1CCCCC1)N1CCc2cc(Br)ccc21. The zero-order chi connectivity index (χ0) is 19.0. The number of carbonyl (C=O) groups excluding carboxylic acids is 1. The van der Waals surface area contributed by atoms with Crippen molar-refractivity contribution in [2.45, 2.75) is 30.6 Å². The minimum absolute atomic E-state index is 0.113. The molecular formula is C20H21BrN2O3S. The zero-order valence-corrected chi connectivity index (χ0v) is 17.3. The lowest BCUT2D eigenvalue weighted by Gasteiger charge is -2.27. The van der Waals surface area contributed by atoms with Gasteiger partial charge in [0.1, 0.15) is 0 Å². The van der Waals surface area contributed by atoms with E-state index in [0.717, 1.165) is 41.4 Å². The highest BCUT2D eigenvalue weighted by molar-refractivity contribution is 9.10. The van der Waals surface area contributed by atoms with E-state index in [1.807, 2.05) is 18.2 Å². The van der Waals surface area contributed by atoms with E-state index in [0.29, 0.717) is 19.6 Å². The molecule has 2 heterocycles. The molecule has 0 unspecified atom stereocenters. The molecule has 5 nitrogen and oxygen atoms in total. The molecule has 0 bridgehead atoms. The van der Waals surface area contributed by atoms with Crippen molar-refractivity contribution < 1.29 is 13.2 Å². The Morgan fingerprint density at radius 3 is 2.48 bits per heavy atom. The maximum Gasteiger partial charge on any atom is 0.259 e. The van der Waals surface area contributed by atoms with Crippen LogP contribution in [0.5, 0.6) is 0 Å². The number of fused-ring (bicyclic) bond motifs is 1. The molecule has 1 amide bonds. The topological polar surface area (TPSA) is 57.7 Å². The quantitative estimate of drug-likeness (QED) is 0.716. The summed E-state index contributed by atoms with van der Waals surface area (Å²) in [6.45, 7) is 1.60. The number of hydrogen-bond acceptors (Lipinski definition) is 3. The summed E-state index contributed by atoms with van der Waals surface area (Å²) in [7, 11) is -3.67. The maximum absolute atomic E-state index is 13.3. The minimum Gasteiger partial charge on any atom is -0.308 e. The van der Waals surface area contributed by atoms with Crippen LogP contribution in [0.4, 0.5) is 5.69 Å². The third-order valence-electron chi connectivity index (χ3n) is 5.23. The fourth-order valence-corrected chi connectivity index (χ4v) is 5.95. The van der Waals surface area contributed by atoms with Crippen LogP contribution in [0.25, 0.3) is 0 Å². The van der Waals surface area contributed by atoms with Crippen LogP contribution in [0.1, 0.15) is 35.2 Å². The predicted octanol–water partition coefficient (Wildman–Crippen LogP) is 3.83. The Morgan fingerprint density at radius 1 is 0.963 bits per heavy atom. The fraction of sp³-hybridized carbons (Fsp3) is 0.350. The lowest BCUT2D eigenvalue weighted by atomic mass is 10.1. The molecule has 2 aromatic carbocycles. The Balaban J connectivity index is 1.71. The number of piperidine rings is 1. The van der Waals surface area contributed by atoms with E-state index in [-0.39, 0.29) is 16.4 Å². The van der Waals surface area contributed by atoms with Gasteiger partial charge in [-0.05, 0) is 55.2 Å². The van der Waals surface area contributed by atoms with Gasteiger partial charge in [0.25, 0.3) is 5.91 Å². The van der Waals surface area contributed by atoms with E-state index in [2.05, 4.69) is 15.9 Å². The molecule has 1 saturated heterocycles. The molecule has 0 saturated carbocycles. The van der Waals surface area contributed by atoms with Gasteiger partial charge in [0.2, 0.25) is 10.0 Å². The van der Waals surface area contributed by atoms with Gasteiger partial charge in [0, 0.05) is 29.8 Å². The van der Waals surface area contributed by atoms with Crippen LogP contribution in [0.2, 0.25) is 0 Å². The van der Waals surface area contributed by atoms with Crippen LogP contribution in [0, 0.1) is 0 Å². The number of hydrogen-bond donors (Lipinski definition) is 0. The molecule has 27 heavy (non-hydrogen) atoms. The summed E-state index contributed by atoms with van der Waals surface area (Å²) < 4.78 is 28.8. The lowest BCUT2D eigenvalue weighted by Crippen LogP contribution is -2.37. The highest BCUT2D eigenvalue weighted by Gasteiger charge is 2.33. The molecule has 1 fully saturated rings. The van der Waals surface area contributed by atoms with E-state index in [9.17, 15) is 13.2 Å². The second-order valence-corrected chi connectivity index (χ2v) is 9.76. The minimum atomic E-state index is -3.67. The van der Waals surface area contributed by atoms with Crippen LogP contribution >= 0.6 is 15.9 Å². The predicted molar refractivity (Wildman–Crippen MR) is 109 cm³/mol. The summed E-state index contributed by atoms with van der Waals surface area (Å²) in [6.07, 6.45) is 3.54. The van der Waals surface area contributed by atoms with Gasteiger partial charge in [0.05, 0.1) is 10.5 Å². The first-order valence-corrected chi connectivity index (χ1v) is 11.4. The Bertz CT molecular complexity index is 984. The second kappa shape index (κ2) is 7.37. The largest absolute Gasteiger partial charge is 0.308 e. The monoisotopic (exact) mass is 448 g/mol. The third-order valence-corrected chi connectivity index (χ3v) is 7.68. The van der Waals surface area contributed by atoms with Crippen LogP contribution in [-0.2, 0) is 16.4 Å². The molecule has 0 atom stereocenters. The molecule has 0 aromatic heterocycles. The van der Waals surface area contributed by atoms with Crippen molar-refractivity contribution in [1.29, 1.82) is 0 Å². The van der Waals surface area contributed by atoms with Crippen LogP contribution in [0.15, 0.2) is 51.8 Å². The molecule has 0 aliphatic carbocycles. The Morgan fingerprint density at radius 2 is 1.70 bits per heavy atom. The Hall–Kier alpha value is -1.70. The number of carbonyl (C=O) groups is 1. The van der Waals surface area contributed by atoms with Gasteiger partial charge in [-0.15, -0.1) is 0 Å². The Kier molecular flexibility index (Phi) is 5.09. The van der Waals surface area contributed by atoms with Gasteiger partial charge >= 0.3 is 0 Å². The number of anilines is 1. The van der Waals surface area contributed by atoms with Crippen molar-refractivity contribution in [1.82, 2.24) is 4.31 Å². The smallest absolute Gasteiger partial charge is 0.259 e. The van der Waals surface area contributed by atoms with Gasteiger partial charge in [-0.1, -0.05) is 34.5 Å². The lowest BCUT2D eigenvalue weighted by molar-refractivity contribution is 0.0986. The molecule has 2 aromatic rings. The van der Waals surface area contributed by atoms with Crippen molar-refractivity contribution in [3.8, 4) is 0 Å². The van der Waals surface area contributed by atoms with Crippen molar-refractivity contribution in [3.05, 3.63) is 58.1 Å². The first-order valence-electron chi connectivity index (χ1n) is 9.18. The second-order valence-electron chi connectivity index (χ2n) is 6.94. The highest BCUT2D eigenvalue weighted by Crippen LogP contribution is 2.33. The van der Waals surface area contributed by atoms with Crippen molar-refractivity contribution in [2.75, 3.05) is 24.5 Å². The van der Waals surface area contributed by atoms with Gasteiger partial charge in [0.15, 0.2) is 0 Å². The third kappa shape index (κ3) is 3.44. The summed E-state index contributed by atoms with van der Waals surface area (Å²) in [5, 5.41) is 0. The first kappa shape index (κ1) is 18.7. The van der Waals surface area contributed by atoms with E-state index < -0.39 is 10.0 Å². The van der Waals surface area contributed by atoms with Gasteiger partial charge in [-0.2, -0.15) is 4.31 Å². The molecule has 2 aliphatic heterocycles. The van der Waals surface area contributed by atoms with E-state index >= 15 is 0 Å². The van der Waals surface area contributed by atoms with E-state index in [1.165, 1.54) is 4.31 Å². The normalized spacial score (nSPS) is 17.7. The number of sulfonamides is 1. The summed E-state index contributed by atoms with van der Waals surface area (Å²) in [6, 6.07) is 12.4. The number of rotatable bonds is 3. The van der Waals surface area contributed by atoms with Crippen molar-refractivity contribution in [3.63, 3.8) is 0 Å². The standard InChI is InChI=1S/C20H21BrN2O3S/c21-16-8-9-18-15(14-16)10-13-23(18)20(24)17-6-2-3-7-19(17)27(25,26)22-11-4-1-5-12-22/h2-3,6-9,14H,1,4-5,10-13H2. The van der Waals surface area contributed by atoms with Crippen LogP contribution in [0.3, 0.4) is 0 Å². The van der Waals surface area contributed by atoms with E-state index in [1.54, 1.807) is 29.2 Å². The van der Waals surface area contributed by atoms with Gasteiger partial charge in [-0.25, -0.2) is 8.42 Å². The number of nitrogens with zero attached hydrogens (tertiary/aromatic N) is 2. The maximum atomic E-state index is 13.3. The molecule has 0 radical (unpaired) electrons. The van der Waals surface area contributed by atoms with Gasteiger partial charge < -0.3 is 4.90 Å². The van der Waals surface area contributed by atoms with Crippen molar-refractivity contribution >= 4 is 37.5 Å². The first-order chi connectivity index (χ1) is 13.0. The molecule has 0 N–H and O–H groups in total. The molecule has 2 aliphatic rings. The fourth-order valence-electron chi connectivity index (χ4n) is 3.84. The molecule has 7 heteroatoms. The number of halogens is 1. The van der Waals surface area contributed by atoms with Crippen molar-refractivity contribution in [2.24, 2.45) is 0 Å².